The highest BCUT2D eigenvalue weighted by Gasteiger charge is 2.16. The molecular formula is C14H23BrN2O. The van der Waals surface area contributed by atoms with Gasteiger partial charge in [-0.05, 0) is 51.0 Å². The molecule has 0 aliphatic rings. The molecule has 1 aromatic rings. The van der Waals surface area contributed by atoms with Gasteiger partial charge in [0.15, 0.2) is 0 Å². The molecule has 0 bridgehead atoms. The average molecular weight is 315 g/mol. The second-order valence-electron chi connectivity index (χ2n) is 4.86. The van der Waals surface area contributed by atoms with Crippen molar-refractivity contribution in [3.05, 3.63) is 28.2 Å². The second kappa shape index (κ2) is 7.12. The molecule has 1 aromatic carbocycles. The standard InChI is InChI=1S/C14H23BrN2O/c1-10(2)17(7-4-8-18)14-6-5-12(15)9-13(14)11(3)16/h5-6,9-11,18H,4,7-8,16H2,1-3H3. The molecule has 0 amide bonds. The lowest BCUT2D eigenvalue weighted by Gasteiger charge is -2.32. The van der Waals surface area contributed by atoms with Crippen LogP contribution in [0.1, 0.15) is 38.8 Å². The zero-order valence-electron chi connectivity index (χ0n) is 11.4. The monoisotopic (exact) mass is 314 g/mol. The fourth-order valence-electron chi connectivity index (χ4n) is 2.05. The van der Waals surface area contributed by atoms with Gasteiger partial charge >= 0.3 is 0 Å². The van der Waals surface area contributed by atoms with Crippen LogP contribution in [0.25, 0.3) is 0 Å². The molecule has 4 heteroatoms. The molecular weight excluding hydrogens is 292 g/mol. The van der Waals surface area contributed by atoms with Crippen molar-refractivity contribution in [2.24, 2.45) is 5.73 Å². The largest absolute Gasteiger partial charge is 0.396 e. The van der Waals surface area contributed by atoms with Gasteiger partial charge in [-0.1, -0.05) is 15.9 Å². The highest BCUT2D eigenvalue weighted by molar-refractivity contribution is 9.10. The molecule has 3 nitrogen and oxygen atoms in total. The molecule has 0 heterocycles. The predicted molar refractivity (Wildman–Crippen MR) is 80.9 cm³/mol. The van der Waals surface area contributed by atoms with E-state index in [2.05, 4.69) is 46.8 Å². The number of nitrogens with zero attached hydrogens (tertiary/aromatic N) is 1. The first-order valence-corrected chi connectivity index (χ1v) is 7.19. The van der Waals surface area contributed by atoms with Crippen molar-refractivity contribution in [3.63, 3.8) is 0 Å². The summed E-state index contributed by atoms with van der Waals surface area (Å²) >= 11 is 3.49. The number of anilines is 1. The summed E-state index contributed by atoms with van der Waals surface area (Å²) in [5.41, 5.74) is 8.35. The molecule has 1 atom stereocenters. The van der Waals surface area contributed by atoms with E-state index < -0.39 is 0 Å². The van der Waals surface area contributed by atoms with Gasteiger partial charge in [0.05, 0.1) is 0 Å². The summed E-state index contributed by atoms with van der Waals surface area (Å²) in [4.78, 5) is 2.29. The van der Waals surface area contributed by atoms with Gasteiger partial charge in [-0.15, -0.1) is 0 Å². The molecule has 0 aromatic heterocycles. The Morgan fingerprint density at radius 3 is 2.50 bits per heavy atom. The molecule has 1 unspecified atom stereocenters. The van der Waals surface area contributed by atoms with Crippen LogP contribution in [0.2, 0.25) is 0 Å². The van der Waals surface area contributed by atoms with Crippen molar-refractivity contribution in [3.8, 4) is 0 Å². The fraction of sp³-hybridized carbons (Fsp3) is 0.571. The predicted octanol–water partition coefficient (Wildman–Crippen LogP) is 3.07. The molecule has 0 radical (unpaired) electrons. The van der Waals surface area contributed by atoms with E-state index in [0.717, 1.165) is 28.7 Å². The number of aliphatic hydroxyl groups excluding tert-OH is 1. The van der Waals surface area contributed by atoms with Gasteiger partial charge in [-0.25, -0.2) is 0 Å². The van der Waals surface area contributed by atoms with E-state index >= 15 is 0 Å². The van der Waals surface area contributed by atoms with E-state index in [1.54, 1.807) is 0 Å². The first-order valence-electron chi connectivity index (χ1n) is 6.40. The number of halogens is 1. The van der Waals surface area contributed by atoms with Gasteiger partial charge in [0.2, 0.25) is 0 Å². The number of hydrogen-bond donors (Lipinski definition) is 2. The molecule has 1 rings (SSSR count). The average Bonchev–Trinajstić information content (AvgIpc) is 2.30. The minimum atomic E-state index is -0.00660. The maximum atomic E-state index is 9.01. The lowest BCUT2D eigenvalue weighted by Crippen LogP contribution is -2.33. The van der Waals surface area contributed by atoms with Crippen LogP contribution in [0.5, 0.6) is 0 Å². The first-order chi connectivity index (χ1) is 8.47. The summed E-state index contributed by atoms with van der Waals surface area (Å²) in [5.74, 6) is 0. The summed E-state index contributed by atoms with van der Waals surface area (Å²) in [5, 5.41) is 9.01. The van der Waals surface area contributed by atoms with Crippen LogP contribution in [0.15, 0.2) is 22.7 Å². The van der Waals surface area contributed by atoms with Crippen molar-refractivity contribution in [2.75, 3.05) is 18.1 Å². The van der Waals surface area contributed by atoms with Gasteiger partial charge in [0.1, 0.15) is 0 Å². The third kappa shape index (κ3) is 3.97. The molecule has 0 saturated heterocycles. The van der Waals surface area contributed by atoms with Crippen LogP contribution in [0.3, 0.4) is 0 Å². The van der Waals surface area contributed by atoms with Crippen molar-refractivity contribution < 1.29 is 5.11 Å². The normalized spacial score (nSPS) is 12.8. The Kier molecular flexibility index (Phi) is 6.12. The Bertz CT molecular complexity index is 380. The Labute approximate surface area is 118 Å². The van der Waals surface area contributed by atoms with Crippen molar-refractivity contribution >= 4 is 21.6 Å². The summed E-state index contributed by atoms with van der Waals surface area (Å²) in [6, 6.07) is 6.59. The van der Waals surface area contributed by atoms with Gasteiger partial charge in [-0.3, -0.25) is 0 Å². The van der Waals surface area contributed by atoms with E-state index in [0.29, 0.717) is 6.04 Å². The minimum Gasteiger partial charge on any atom is -0.396 e. The minimum absolute atomic E-state index is 0.00660. The number of hydrogen-bond acceptors (Lipinski definition) is 3. The molecule has 0 saturated carbocycles. The molecule has 0 spiro atoms. The summed E-state index contributed by atoms with van der Waals surface area (Å²) in [7, 11) is 0. The lowest BCUT2D eigenvalue weighted by atomic mass is 10.0. The SMILES string of the molecule is CC(N)c1cc(Br)ccc1N(CCCO)C(C)C. The van der Waals surface area contributed by atoms with Crippen LogP contribution in [0.4, 0.5) is 5.69 Å². The van der Waals surface area contributed by atoms with Crippen LogP contribution < -0.4 is 10.6 Å². The van der Waals surface area contributed by atoms with E-state index in [4.69, 9.17) is 10.8 Å². The van der Waals surface area contributed by atoms with Crippen LogP contribution in [-0.2, 0) is 0 Å². The van der Waals surface area contributed by atoms with E-state index in [9.17, 15) is 0 Å². The van der Waals surface area contributed by atoms with Gasteiger partial charge in [0, 0.05) is 35.4 Å². The molecule has 0 fully saturated rings. The Morgan fingerprint density at radius 2 is 2.00 bits per heavy atom. The number of nitrogens with two attached hydrogens (primary N) is 1. The van der Waals surface area contributed by atoms with Crippen molar-refractivity contribution in [2.45, 2.75) is 39.3 Å². The quantitative estimate of drug-likeness (QED) is 0.848. The Balaban J connectivity index is 3.10. The number of benzene rings is 1. The Hall–Kier alpha value is -0.580. The second-order valence-corrected chi connectivity index (χ2v) is 5.77. The van der Waals surface area contributed by atoms with E-state index in [-0.39, 0.29) is 12.6 Å². The van der Waals surface area contributed by atoms with Crippen molar-refractivity contribution in [1.29, 1.82) is 0 Å². The molecule has 0 aliphatic heterocycles. The van der Waals surface area contributed by atoms with E-state index in [1.165, 1.54) is 0 Å². The lowest BCUT2D eigenvalue weighted by molar-refractivity contribution is 0.288. The van der Waals surface area contributed by atoms with Gasteiger partial charge < -0.3 is 15.7 Å². The third-order valence-electron chi connectivity index (χ3n) is 2.97. The molecule has 3 N–H and O–H groups in total. The summed E-state index contributed by atoms with van der Waals surface area (Å²) in [6.45, 7) is 7.37. The maximum absolute atomic E-state index is 9.01. The van der Waals surface area contributed by atoms with Gasteiger partial charge in [-0.2, -0.15) is 0 Å². The summed E-state index contributed by atoms with van der Waals surface area (Å²) < 4.78 is 1.05. The first kappa shape index (κ1) is 15.5. The number of rotatable bonds is 6. The third-order valence-corrected chi connectivity index (χ3v) is 3.46. The zero-order valence-corrected chi connectivity index (χ0v) is 12.9. The summed E-state index contributed by atoms with van der Waals surface area (Å²) in [6.07, 6.45) is 0.770. The molecule has 18 heavy (non-hydrogen) atoms. The highest BCUT2D eigenvalue weighted by Crippen LogP contribution is 2.30. The smallest absolute Gasteiger partial charge is 0.0447 e. The fourth-order valence-corrected chi connectivity index (χ4v) is 2.43. The number of aliphatic hydroxyl groups is 1. The van der Waals surface area contributed by atoms with E-state index in [1.807, 2.05) is 13.0 Å². The van der Waals surface area contributed by atoms with Crippen molar-refractivity contribution in [1.82, 2.24) is 0 Å². The van der Waals surface area contributed by atoms with Crippen LogP contribution >= 0.6 is 15.9 Å². The maximum Gasteiger partial charge on any atom is 0.0447 e. The Morgan fingerprint density at radius 1 is 1.33 bits per heavy atom. The van der Waals surface area contributed by atoms with Crippen LogP contribution in [-0.4, -0.2) is 24.3 Å². The molecule has 102 valence electrons. The zero-order chi connectivity index (χ0) is 13.7. The molecule has 0 aliphatic carbocycles. The topological polar surface area (TPSA) is 49.5 Å². The van der Waals surface area contributed by atoms with Crippen LogP contribution in [0, 0.1) is 0 Å². The highest BCUT2D eigenvalue weighted by atomic mass is 79.9. The van der Waals surface area contributed by atoms with Gasteiger partial charge in [0.25, 0.3) is 0 Å².